The molecule has 4 N–H and O–H groups in total. The highest BCUT2D eigenvalue weighted by atomic mass is 79.9. The Hall–Kier alpha value is -12.2. The molecule has 1 saturated carbocycles. The van der Waals surface area contributed by atoms with Gasteiger partial charge < -0.3 is 20.4 Å². The Morgan fingerprint density at radius 3 is 0.877 bits per heavy atom. The maximum atomic E-state index is 12.6. The van der Waals surface area contributed by atoms with Crippen LogP contribution in [0.15, 0.2) is 219 Å². The Bertz CT molecular complexity index is 5180. The molecule has 1 aliphatic rings. The van der Waals surface area contributed by atoms with Crippen LogP contribution in [0.5, 0.6) is 0 Å². The van der Waals surface area contributed by atoms with E-state index in [4.69, 9.17) is 25.7 Å². The van der Waals surface area contributed by atoms with Crippen LogP contribution in [0.4, 0.5) is 13.2 Å². The highest BCUT2D eigenvalue weighted by Gasteiger charge is 2.30. The number of thioether (sulfide) groups is 4. The highest BCUT2D eigenvalue weighted by molar-refractivity contribution is 9.10. The Kier molecular flexibility index (Phi) is 25.8. The van der Waals surface area contributed by atoms with E-state index >= 15 is 0 Å². The lowest BCUT2D eigenvalue weighted by atomic mass is 10.1. The second-order valence-corrected chi connectivity index (χ2v) is 26.6. The predicted octanol–water partition coefficient (Wildman–Crippen LogP) is 11.9. The summed E-state index contributed by atoms with van der Waals surface area (Å²) in [6.45, 7) is 0. The molecule has 12 aromatic rings. The van der Waals surface area contributed by atoms with Gasteiger partial charge in [0.15, 0.2) is 23.1 Å². The van der Waals surface area contributed by atoms with Gasteiger partial charge in [-0.3, -0.25) is 19.2 Å². The molecule has 0 saturated heterocycles. The molecule has 4 heterocycles. The minimum absolute atomic E-state index is 0.0122. The lowest BCUT2D eigenvalue weighted by Gasteiger charge is -2.07. The first-order valence-corrected chi connectivity index (χ1v) is 35.4. The number of carboxylic acids is 4. The number of hydrogen-bond donors (Lipinski definition) is 4. The number of hydrogen-bond acceptors (Lipinski definition) is 25. The van der Waals surface area contributed by atoms with E-state index in [1.54, 1.807) is 72.8 Å². The molecule has 0 atom stereocenters. The molecule has 29 nitrogen and oxygen atoms in total. The molecule has 106 heavy (non-hydrogen) atoms. The first-order valence-electron chi connectivity index (χ1n) is 30.7. The van der Waals surface area contributed by atoms with Crippen molar-refractivity contribution in [2.75, 3.05) is 23.0 Å². The Morgan fingerprint density at radius 1 is 0.387 bits per heavy atom. The molecular formula is C69H49BrF3N17O12S4. The average molecular weight is 1570 g/mol. The number of benzene rings is 8. The minimum atomic E-state index is -4.46. The van der Waals surface area contributed by atoms with Crippen LogP contribution in [-0.4, -0.2) is 171 Å². The number of tetrazole rings is 4. The van der Waals surface area contributed by atoms with E-state index in [1.807, 2.05) is 42.5 Å². The summed E-state index contributed by atoms with van der Waals surface area (Å²) < 4.78 is 44.4. The number of ketones is 4. The third-order valence-corrected chi connectivity index (χ3v) is 19.1. The standard InChI is InChI=1S/C19H16N4O3S.C17H11F3N4O3S.C17H11N5O3S.C16H11BrN4O3S/c24-17(14-5-3-13(4-6-14)12-1-2-12)11-27-19-20-21-22-23(19)16-9-7-15(8-10-16)18(25)26;18-17(19,20)12-5-1-10(2-6-12)14(25)9-28-16-21-22-23-24(16)13-7-3-11(4-8-13)15(26)27;18-9-11-1-3-12(4-2-11)15(23)10-26-17-19-20-21-22(17)14-7-5-13(6-8-14)16(24)25;17-12-5-1-10(2-6-12)14(22)9-25-16-18-19-20-21(16)13-7-3-11(4-8-13)15(23)24/h3-10,12H,1-2,11H2,(H,25,26);1-8H,9H2,(H,26,27);1-8H,10H2,(H,24,25);1-8H,9H2,(H,23,24). The van der Waals surface area contributed by atoms with E-state index in [1.165, 1.54) is 133 Å². The number of halogens is 4. The van der Waals surface area contributed by atoms with Crippen LogP contribution in [0, 0.1) is 11.3 Å². The van der Waals surface area contributed by atoms with Crippen molar-refractivity contribution in [1.82, 2.24) is 80.8 Å². The summed E-state index contributed by atoms with van der Waals surface area (Å²) in [6, 6.07) is 51.6. The summed E-state index contributed by atoms with van der Waals surface area (Å²) in [5.74, 6) is -3.49. The number of Topliss-reactive ketones (excluding diaryl/α,β-unsaturated/α-hetero) is 4. The molecule has 0 unspecified atom stereocenters. The first-order chi connectivity index (χ1) is 51.0. The molecule has 37 heteroatoms. The van der Waals surface area contributed by atoms with Gasteiger partial charge in [0.25, 0.3) is 0 Å². The van der Waals surface area contributed by atoms with Crippen LogP contribution in [-0.2, 0) is 6.18 Å². The SMILES string of the molecule is N#Cc1ccc(C(=O)CSc2nnnn2-c2ccc(C(=O)O)cc2)cc1.O=C(O)c1ccc(-n2nnnc2SCC(=O)c2ccc(Br)cc2)cc1.O=C(O)c1ccc(-n2nnnc2SCC(=O)c2ccc(C(F)(F)F)cc2)cc1.O=C(O)c1ccc(-n2nnnc2SCC(=O)c2ccc(C3CC3)cc2)cc1. The quantitative estimate of drug-likeness (QED) is 0.0305. The number of nitrogens with zero attached hydrogens (tertiary/aromatic N) is 17. The van der Waals surface area contributed by atoms with Crippen molar-refractivity contribution in [3.8, 4) is 28.8 Å². The highest BCUT2D eigenvalue weighted by Crippen LogP contribution is 2.40. The first kappa shape index (κ1) is 76.4. The molecule has 0 spiro atoms. The molecule has 0 amide bonds. The second kappa shape index (κ2) is 35.8. The van der Waals surface area contributed by atoms with Gasteiger partial charge in [-0.25, -0.2) is 19.2 Å². The zero-order valence-electron chi connectivity index (χ0n) is 54.1. The summed E-state index contributed by atoms with van der Waals surface area (Å²) in [7, 11) is 0. The maximum Gasteiger partial charge on any atom is 0.416 e. The van der Waals surface area contributed by atoms with E-state index in [2.05, 4.69) is 78.0 Å². The van der Waals surface area contributed by atoms with Gasteiger partial charge in [0.05, 0.1) is 85.2 Å². The fourth-order valence-electron chi connectivity index (χ4n) is 9.13. The molecule has 13 rings (SSSR count). The lowest BCUT2D eigenvalue weighted by molar-refractivity contribution is -0.137. The Balaban J connectivity index is 0.000000151. The van der Waals surface area contributed by atoms with E-state index in [9.17, 15) is 51.5 Å². The topological polar surface area (TPSA) is 416 Å². The van der Waals surface area contributed by atoms with Crippen molar-refractivity contribution >= 4 is 110 Å². The van der Waals surface area contributed by atoms with Gasteiger partial charge in [-0.15, -0.1) is 20.4 Å². The van der Waals surface area contributed by atoms with Crippen LogP contribution in [0.2, 0.25) is 0 Å². The number of aromatic nitrogens is 16. The number of carbonyl (C=O) groups excluding carboxylic acids is 4. The van der Waals surface area contributed by atoms with Crippen LogP contribution < -0.4 is 0 Å². The van der Waals surface area contributed by atoms with Crippen LogP contribution in [0.1, 0.15) is 118 Å². The van der Waals surface area contributed by atoms with Crippen molar-refractivity contribution in [2.24, 2.45) is 0 Å². The fraction of sp³-hybridized carbons (Fsp3) is 0.116. The van der Waals surface area contributed by atoms with Gasteiger partial charge >= 0.3 is 30.1 Å². The van der Waals surface area contributed by atoms with Gasteiger partial charge in [0, 0.05) is 26.7 Å². The fourth-order valence-corrected chi connectivity index (χ4v) is 12.5. The number of alkyl halides is 3. The second-order valence-electron chi connectivity index (χ2n) is 21.9. The number of carboxylic acid groups (broad SMARTS) is 4. The molecule has 0 radical (unpaired) electrons. The minimum Gasteiger partial charge on any atom is -0.478 e. The van der Waals surface area contributed by atoms with Crippen molar-refractivity contribution in [3.05, 3.63) is 260 Å². The van der Waals surface area contributed by atoms with E-state index < -0.39 is 35.6 Å². The molecule has 0 bridgehead atoms. The summed E-state index contributed by atoms with van der Waals surface area (Å²) in [6.07, 6.45) is -1.99. The van der Waals surface area contributed by atoms with E-state index in [-0.39, 0.29) is 79.1 Å². The molecule has 1 fully saturated rings. The monoisotopic (exact) mass is 1570 g/mol. The summed E-state index contributed by atoms with van der Waals surface area (Å²) >= 11 is 7.97. The van der Waals surface area contributed by atoms with Gasteiger partial charge in [-0.05, 0) is 199 Å². The van der Waals surface area contributed by atoms with Crippen LogP contribution >= 0.6 is 63.0 Å². The van der Waals surface area contributed by atoms with E-state index in [0.717, 1.165) is 40.5 Å². The Labute approximate surface area is 621 Å². The molecule has 534 valence electrons. The van der Waals surface area contributed by atoms with Crippen molar-refractivity contribution in [1.29, 1.82) is 5.26 Å². The third-order valence-electron chi connectivity index (χ3n) is 14.8. The average Bonchev–Trinajstić information content (AvgIpc) is 1.74. The van der Waals surface area contributed by atoms with Gasteiger partial charge in [0.2, 0.25) is 20.6 Å². The normalized spacial score (nSPS) is 11.5. The van der Waals surface area contributed by atoms with Crippen LogP contribution in [0.25, 0.3) is 22.7 Å². The van der Waals surface area contributed by atoms with Crippen molar-refractivity contribution in [3.63, 3.8) is 0 Å². The van der Waals surface area contributed by atoms with Gasteiger partial charge in [-0.2, -0.15) is 37.2 Å². The summed E-state index contributed by atoms with van der Waals surface area (Å²) in [5, 5.41) is 91.7. The molecular weight excluding hydrogens is 1520 g/mol. The largest absolute Gasteiger partial charge is 0.478 e. The number of rotatable bonds is 25. The van der Waals surface area contributed by atoms with E-state index in [0.29, 0.717) is 66.4 Å². The molecule has 4 aromatic heterocycles. The number of nitriles is 1. The zero-order valence-corrected chi connectivity index (χ0v) is 58.9. The maximum absolute atomic E-state index is 12.6. The summed E-state index contributed by atoms with van der Waals surface area (Å²) in [4.78, 5) is 92.8. The van der Waals surface area contributed by atoms with Crippen molar-refractivity contribution < 1.29 is 72.0 Å². The van der Waals surface area contributed by atoms with Gasteiger partial charge in [-0.1, -0.05) is 124 Å². The smallest absolute Gasteiger partial charge is 0.416 e. The summed E-state index contributed by atoms with van der Waals surface area (Å²) in [5.41, 5.74) is 5.86. The zero-order chi connectivity index (χ0) is 75.4. The number of aromatic carboxylic acids is 4. The predicted molar refractivity (Wildman–Crippen MR) is 380 cm³/mol. The Morgan fingerprint density at radius 2 is 0.632 bits per heavy atom. The molecule has 8 aromatic carbocycles. The van der Waals surface area contributed by atoms with Crippen LogP contribution in [0.3, 0.4) is 0 Å². The van der Waals surface area contributed by atoms with Gasteiger partial charge in [0.1, 0.15) is 0 Å². The van der Waals surface area contributed by atoms with Crippen molar-refractivity contribution in [2.45, 2.75) is 45.6 Å². The molecule has 1 aliphatic carbocycles. The lowest BCUT2D eigenvalue weighted by Crippen LogP contribution is -2.08. The molecule has 0 aliphatic heterocycles. The third kappa shape index (κ3) is 20.8. The number of carbonyl (C=O) groups is 8.